The van der Waals surface area contributed by atoms with Gasteiger partial charge < -0.3 is 0 Å². The Morgan fingerprint density at radius 3 is 1.42 bits per heavy atom. The molecule has 19 heavy (non-hydrogen) atoms. The zero-order chi connectivity index (χ0) is 12.7. The van der Waals surface area contributed by atoms with Crippen LogP contribution in [0, 0.1) is 11.8 Å². The lowest BCUT2D eigenvalue weighted by Crippen LogP contribution is -2.56. The number of hydrogen-bond acceptors (Lipinski definition) is 0. The van der Waals surface area contributed by atoms with Crippen LogP contribution in [0.3, 0.4) is 0 Å². The molecule has 2 aromatic carbocycles. The zero-order valence-electron chi connectivity index (χ0n) is 11.3. The minimum Gasteiger partial charge on any atom is -0.0626 e. The first kappa shape index (κ1) is 11.5. The van der Waals surface area contributed by atoms with E-state index in [0.717, 1.165) is 11.8 Å². The molecule has 1 saturated heterocycles. The van der Waals surface area contributed by atoms with Crippen molar-refractivity contribution in [1.82, 2.24) is 0 Å². The van der Waals surface area contributed by atoms with Crippen molar-refractivity contribution in [2.75, 3.05) is 0 Å². The molecular formula is C18H20Si. The van der Waals surface area contributed by atoms with Crippen molar-refractivity contribution < 1.29 is 0 Å². The van der Waals surface area contributed by atoms with Gasteiger partial charge in [-0.05, 0) is 23.9 Å². The van der Waals surface area contributed by atoms with Crippen molar-refractivity contribution in [3.63, 3.8) is 0 Å². The second-order valence-corrected chi connectivity index (χ2v) is 10.5. The van der Waals surface area contributed by atoms with Crippen molar-refractivity contribution in [3.05, 3.63) is 60.7 Å². The molecule has 2 aromatic rings. The first-order valence-corrected chi connectivity index (χ1v) is 9.91. The van der Waals surface area contributed by atoms with Crippen molar-refractivity contribution in [2.45, 2.75) is 24.9 Å². The van der Waals surface area contributed by atoms with Gasteiger partial charge in [0.25, 0.3) is 0 Å². The Balaban J connectivity index is 1.84. The molecular weight excluding hydrogens is 244 g/mol. The topological polar surface area (TPSA) is 0 Å². The van der Waals surface area contributed by atoms with E-state index in [9.17, 15) is 0 Å². The van der Waals surface area contributed by atoms with Gasteiger partial charge in [-0.15, -0.1) is 0 Å². The van der Waals surface area contributed by atoms with E-state index >= 15 is 0 Å². The fourth-order valence-electron chi connectivity index (χ4n) is 4.31. The van der Waals surface area contributed by atoms with Gasteiger partial charge in [0.1, 0.15) is 8.07 Å². The third-order valence-electron chi connectivity index (χ3n) is 5.45. The lowest BCUT2D eigenvalue weighted by Gasteiger charge is -2.29. The molecule has 2 atom stereocenters. The van der Waals surface area contributed by atoms with Crippen LogP contribution in [-0.2, 0) is 0 Å². The van der Waals surface area contributed by atoms with E-state index in [1.807, 2.05) is 0 Å². The van der Waals surface area contributed by atoms with Crippen molar-refractivity contribution >= 4 is 18.4 Å². The van der Waals surface area contributed by atoms with Gasteiger partial charge in [0, 0.05) is 0 Å². The standard InChI is InChI=1S/C18H20Si/c1-3-7-17(8-4-1)19(18-9-5-2-6-10-18)13-15-11-12-16(15)14-19/h1-10,15-16H,11-14H2/t15-,16-/m0/s1. The predicted octanol–water partition coefficient (Wildman–Crippen LogP) is 3.29. The van der Waals surface area contributed by atoms with Crippen LogP contribution in [0.4, 0.5) is 0 Å². The lowest BCUT2D eigenvalue weighted by atomic mass is 9.77. The maximum Gasteiger partial charge on any atom is 0.118 e. The summed E-state index contributed by atoms with van der Waals surface area (Å²) in [6.07, 6.45) is 2.97. The third kappa shape index (κ3) is 1.72. The van der Waals surface area contributed by atoms with Crippen LogP contribution in [0.1, 0.15) is 12.8 Å². The summed E-state index contributed by atoms with van der Waals surface area (Å²) in [6.45, 7) is 0. The summed E-state index contributed by atoms with van der Waals surface area (Å²) in [5.74, 6) is 2.07. The van der Waals surface area contributed by atoms with Gasteiger partial charge in [0.15, 0.2) is 0 Å². The first-order chi connectivity index (χ1) is 9.38. The summed E-state index contributed by atoms with van der Waals surface area (Å²) < 4.78 is 0. The first-order valence-electron chi connectivity index (χ1n) is 7.49. The Hall–Kier alpha value is -1.34. The summed E-state index contributed by atoms with van der Waals surface area (Å²) in [5.41, 5.74) is 0. The molecule has 0 amide bonds. The van der Waals surface area contributed by atoms with Gasteiger partial charge in [-0.1, -0.05) is 83.9 Å². The van der Waals surface area contributed by atoms with E-state index in [1.54, 1.807) is 10.4 Å². The fourth-order valence-corrected chi connectivity index (χ4v) is 10.3. The normalized spacial score (nSPS) is 27.6. The molecule has 1 heteroatoms. The highest BCUT2D eigenvalue weighted by molar-refractivity contribution is 7.02. The van der Waals surface area contributed by atoms with Crippen molar-refractivity contribution in [3.8, 4) is 0 Å². The van der Waals surface area contributed by atoms with E-state index in [0.29, 0.717) is 0 Å². The Kier molecular flexibility index (Phi) is 2.63. The molecule has 1 aliphatic carbocycles. The quantitative estimate of drug-likeness (QED) is 0.730. The molecule has 0 aromatic heterocycles. The van der Waals surface area contributed by atoms with Gasteiger partial charge in [0.05, 0.1) is 0 Å². The minimum atomic E-state index is -1.45. The number of fused-ring (bicyclic) bond motifs is 1. The van der Waals surface area contributed by atoms with Crippen LogP contribution in [0.2, 0.25) is 12.1 Å². The predicted molar refractivity (Wildman–Crippen MR) is 83.7 cm³/mol. The number of benzene rings is 2. The highest BCUT2D eigenvalue weighted by Gasteiger charge is 2.52. The third-order valence-corrected chi connectivity index (χ3v) is 10.8. The average Bonchev–Trinajstić information content (AvgIpc) is 2.74. The molecule has 0 N–H and O–H groups in total. The van der Waals surface area contributed by atoms with Gasteiger partial charge in [-0.3, -0.25) is 0 Å². The summed E-state index contributed by atoms with van der Waals surface area (Å²) in [4.78, 5) is 0. The van der Waals surface area contributed by atoms with E-state index in [-0.39, 0.29) is 0 Å². The second-order valence-electron chi connectivity index (χ2n) is 6.32. The summed E-state index contributed by atoms with van der Waals surface area (Å²) in [7, 11) is -1.45. The molecule has 1 heterocycles. The molecule has 0 radical (unpaired) electrons. The molecule has 0 unspecified atom stereocenters. The van der Waals surface area contributed by atoms with Crippen LogP contribution in [0.5, 0.6) is 0 Å². The summed E-state index contributed by atoms with van der Waals surface area (Å²) >= 11 is 0. The Morgan fingerprint density at radius 1 is 0.632 bits per heavy atom. The SMILES string of the molecule is c1ccc([Si]2(c3ccccc3)C[C@@H]3CC[C@H]3C2)cc1. The molecule has 2 aliphatic rings. The van der Waals surface area contributed by atoms with Crippen LogP contribution in [0.25, 0.3) is 0 Å². The van der Waals surface area contributed by atoms with Gasteiger partial charge in [-0.25, -0.2) is 0 Å². The lowest BCUT2D eigenvalue weighted by molar-refractivity contribution is 0.238. The molecule has 1 saturated carbocycles. The minimum absolute atomic E-state index is 1.03. The highest BCUT2D eigenvalue weighted by Crippen LogP contribution is 2.51. The van der Waals surface area contributed by atoms with Crippen LogP contribution in [0.15, 0.2) is 60.7 Å². The van der Waals surface area contributed by atoms with Crippen LogP contribution < -0.4 is 10.4 Å². The summed E-state index contributed by atoms with van der Waals surface area (Å²) in [5, 5.41) is 3.33. The molecule has 96 valence electrons. The Bertz CT molecular complexity index is 507. The second kappa shape index (κ2) is 4.34. The van der Waals surface area contributed by atoms with E-state index < -0.39 is 8.07 Å². The summed E-state index contributed by atoms with van der Waals surface area (Å²) in [6, 6.07) is 25.8. The Labute approximate surface area is 116 Å². The molecule has 1 aliphatic heterocycles. The zero-order valence-corrected chi connectivity index (χ0v) is 12.3. The maximum absolute atomic E-state index is 2.39. The molecule has 4 rings (SSSR count). The van der Waals surface area contributed by atoms with E-state index in [4.69, 9.17) is 0 Å². The van der Waals surface area contributed by atoms with E-state index in [2.05, 4.69) is 60.7 Å². The average molecular weight is 264 g/mol. The Morgan fingerprint density at radius 2 is 1.05 bits per heavy atom. The van der Waals surface area contributed by atoms with Gasteiger partial charge >= 0.3 is 0 Å². The monoisotopic (exact) mass is 264 g/mol. The maximum atomic E-state index is 2.39. The number of hydrogen-bond donors (Lipinski definition) is 0. The molecule has 0 bridgehead atoms. The van der Waals surface area contributed by atoms with Gasteiger partial charge in [-0.2, -0.15) is 0 Å². The van der Waals surface area contributed by atoms with Crippen LogP contribution in [-0.4, -0.2) is 8.07 Å². The molecule has 0 nitrogen and oxygen atoms in total. The largest absolute Gasteiger partial charge is 0.118 e. The van der Waals surface area contributed by atoms with Crippen molar-refractivity contribution in [2.24, 2.45) is 11.8 Å². The molecule has 2 fully saturated rings. The molecule has 0 spiro atoms. The van der Waals surface area contributed by atoms with Crippen molar-refractivity contribution in [1.29, 1.82) is 0 Å². The highest BCUT2D eigenvalue weighted by atomic mass is 28.3. The van der Waals surface area contributed by atoms with Gasteiger partial charge in [0.2, 0.25) is 0 Å². The fraction of sp³-hybridized carbons (Fsp3) is 0.333. The smallest absolute Gasteiger partial charge is 0.0626 e. The van der Waals surface area contributed by atoms with Crippen LogP contribution >= 0.6 is 0 Å². The number of rotatable bonds is 2. The van der Waals surface area contributed by atoms with E-state index in [1.165, 1.54) is 24.9 Å².